The molecule has 0 bridgehead atoms. The highest BCUT2D eigenvalue weighted by molar-refractivity contribution is 5.48. The average Bonchev–Trinajstić information content (AvgIpc) is 2.28. The summed E-state index contributed by atoms with van der Waals surface area (Å²) in [6, 6.07) is 7.85. The van der Waals surface area contributed by atoms with Crippen LogP contribution in [-0.2, 0) is 0 Å². The van der Waals surface area contributed by atoms with Crippen molar-refractivity contribution in [3.63, 3.8) is 0 Å². The van der Waals surface area contributed by atoms with Crippen molar-refractivity contribution in [3.8, 4) is 5.75 Å². The molecule has 0 aliphatic rings. The maximum absolute atomic E-state index is 9.27. The van der Waals surface area contributed by atoms with E-state index in [1.165, 1.54) is 0 Å². The molecule has 3 nitrogen and oxygen atoms in total. The van der Waals surface area contributed by atoms with Gasteiger partial charge in [0.25, 0.3) is 0 Å². The van der Waals surface area contributed by atoms with Crippen LogP contribution in [0, 0.1) is 5.92 Å². The molecule has 0 aromatic heterocycles. The van der Waals surface area contributed by atoms with Gasteiger partial charge < -0.3 is 15.2 Å². The first-order valence-electron chi connectivity index (χ1n) is 5.67. The molecule has 0 fully saturated rings. The summed E-state index contributed by atoms with van der Waals surface area (Å²) in [6.45, 7) is 4.45. The zero-order valence-electron chi connectivity index (χ0n) is 10.2. The maximum Gasteiger partial charge on any atom is 0.120 e. The summed E-state index contributed by atoms with van der Waals surface area (Å²) in [5, 5.41) is 12.6. The molecule has 0 aliphatic carbocycles. The number of ether oxygens (including phenoxy) is 1. The Bertz CT molecular complexity index is 313. The normalized spacial score (nSPS) is 12.6. The number of methoxy groups -OCH3 is 1. The van der Waals surface area contributed by atoms with E-state index >= 15 is 0 Å². The second-order valence-electron chi connectivity index (χ2n) is 4.39. The van der Waals surface area contributed by atoms with Gasteiger partial charge in [0.2, 0.25) is 0 Å². The van der Waals surface area contributed by atoms with Crippen molar-refractivity contribution >= 4 is 5.69 Å². The van der Waals surface area contributed by atoms with Gasteiger partial charge in [-0.05, 0) is 24.5 Å². The lowest BCUT2D eigenvalue weighted by molar-refractivity contribution is 0.259. The van der Waals surface area contributed by atoms with Gasteiger partial charge in [0.05, 0.1) is 13.7 Å². The SMILES string of the molecule is COc1cccc(NC(CO)CC(C)C)c1. The highest BCUT2D eigenvalue weighted by Gasteiger charge is 2.09. The molecule has 0 heterocycles. The predicted molar refractivity (Wildman–Crippen MR) is 66.9 cm³/mol. The molecule has 1 aromatic rings. The van der Waals surface area contributed by atoms with E-state index < -0.39 is 0 Å². The number of hydrogen-bond acceptors (Lipinski definition) is 3. The summed E-state index contributed by atoms with van der Waals surface area (Å²) >= 11 is 0. The van der Waals surface area contributed by atoms with Crippen LogP contribution in [0.15, 0.2) is 24.3 Å². The standard InChI is InChI=1S/C13H21NO2/c1-10(2)7-12(9-15)14-11-5-4-6-13(8-11)16-3/h4-6,8,10,12,14-15H,7,9H2,1-3H3. The smallest absolute Gasteiger partial charge is 0.120 e. The Hall–Kier alpha value is -1.22. The summed E-state index contributed by atoms with van der Waals surface area (Å²) in [5.74, 6) is 1.39. The largest absolute Gasteiger partial charge is 0.497 e. The zero-order chi connectivity index (χ0) is 12.0. The Balaban J connectivity index is 2.62. The van der Waals surface area contributed by atoms with Crippen molar-refractivity contribution in [3.05, 3.63) is 24.3 Å². The number of hydrogen-bond donors (Lipinski definition) is 2. The second kappa shape index (κ2) is 6.38. The Morgan fingerprint density at radius 2 is 2.12 bits per heavy atom. The van der Waals surface area contributed by atoms with E-state index in [-0.39, 0.29) is 12.6 Å². The first-order valence-corrected chi connectivity index (χ1v) is 5.67. The monoisotopic (exact) mass is 223 g/mol. The molecule has 0 spiro atoms. The lowest BCUT2D eigenvalue weighted by Crippen LogP contribution is -2.25. The van der Waals surface area contributed by atoms with Crippen LogP contribution in [0.25, 0.3) is 0 Å². The van der Waals surface area contributed by atoms with Crippen molar-refractivity contribution < 1.29 is 9.84 Å². The van der Waals surface area contributed by atoms with Gasteiger partial charge in [-0.1, -0.05) is 19.9 Å². The van der Waals surface area contributed by atoms with Gasteiger partial charge in [0.1, 0.15) is 5.75 Å². The quantitative estimate of drug-likeness (QED) is 0.778. The number of rotatable bonds is 6. The first kappa shape index (κ1) is 12.8. The molecular weight excluding hydrogens is 202 g/mol. The molecule has 1 aromatic carbocycles. The van der Waals surface area contributed by atoms with E-state index in [0.717, 1.165) is 17.9 Å². The highest BCUT2D eigenvalue weighted by Crippen LogP contribution is 2.18. The summed E-state index contributed by atoms with van der Waals surface area (Å²) in [5.41, 5.74) is 0.985. The highest BCUT2D eigenvalue weighted by atomic mass is 16.5. The minimum absolute atomic E-state index is 0.104. The summed E-state index contributed by atoms with van der Waals surface area (Å²) < 4.78 is 5.15. The van der Waals surface area contributed by atoms with Crippen LogP contribution in [0.1, 0.15) is 20.3 Å². The molecule has 0 saturated carbocycles. The fourth-order valence-corrected chi connectivity index (χ4v) is 1.70. The van der Waals surface area contributed by atoms with Gasteiger partial charge in [0.15, 0.2) is 0 Å². The molecule has 0 aliphatic heterocycles. The van der Waals surface area contributed by atoms with E-state index in [4.69, 9.17) is 4.74 Å². The van der Waals surface area contributed by atoms with E-state index in [2.05, 4.69) is 19.2 Å². The van der Waals surface area contributed by atoms with Crippen molar-refractivity contribution in [2.24, 2.45) is 5.92 Å². The van der Waals surface area contributed by atoms with Crippen LogP contribution in [-0.4, -0.2) is 24.9 Å². The van der Waals surface area contributed by atoms with Crippen LogP contribution in [0.3, 0.4) is 0 Å². The predicted octanol–water partition coefficient (Wildman–Crippen LogP) is 2.51. The van der Waals surface area contributed by atoms with Gasteiger partial charge in [-0.15, -0.1) is 0 Å². The van der Waals surface area contributed by atoms with Gasteiger partial charge in [-0.25, -0.2) is 0 Å². The van der Waals surface area contributed by atoms with Crippen LogP contribution in [0.4, 0.5) is 5.69 Å². The minimum atomic E-state index is 0.104. The summed E-state index contributed by atoms with van der Waals surface area (Å²) in [6.07, 6.45) is 0.952. The Kier molecular flexibility index (Phi) is 5.12. The van der Waals surface area contributed by atoms with E-state index in [1.807, 2.05) is 24.3 Å². The van der Waals surface area contributed by atoms with Crippen molar-refractivity contribution in [1.82, 2.24) is 0 Å². The average molecular weight is 223 g/mol. The molecule has 1 unspecified atom stereocenters. The third-order valence-electron chi connectivity index (χ3n) is 2.42. The van der Waals surface area contributed by atoms with Crippen LogP contribution >= 0.6 is 0 Å². The first-order chi connectivity index (χ1) is 7.65. The molecule has 3 heteroatoms. The number of aliphatic hydroxyl groups excluding tert-OH is 1. The van der Waals surface area contributed by atoms with E-state index in [1.54, 1.807) is 7.11 Å². The molecular formula is C13H21NO2. The number of anilines is 1. The Labute approximate surface area is 97.4 Å². The Morgan fingerprint density at radius 3 is 2.69 bits per heavy atom. The van der Waals surface area contributed by atoms with Gasteiger partial charge >= 0.3 is 0 Å². The van der Waals surface area contributed by atoms with Crippen LogP contribution in [0.5, 0.6) is 5.75 Å². The molecule has 90 valence electrons. The molecule has 0 amide bonds. The van der Waals surface area contributed by atoms with Gasteiger partial charge in [-0.2, -0.15) is 0 Å². The third kappa shape index (κ3) is 4.11. The molecule has 1 rings (SSSR count). The van der Waals surface area contributed by atoms with Gasteiger partial charge in [0, 0.05) is 17.8 Å². The summed E-state index contributed by atoms with van der Waals surface area (Å²) in [7, 11) is 1.65. The minimum Gasteiger partial charge on any atom is -0.497 e. The maximum atomic E-state index is 9.27. The fourth-order valence-electron chi connectivity index (χ4n) is 1.70. The van der Waals surface area contributed by atoms with E-state index in [9.17, 15) is 5.11 Å². The van der Waals surface area contributed by atoms with Crippen molar-refractivity contribution in [1.29, 1.82) is 0 Å². The van der Waals surface area contributed by atoms with Crippen molar-refractivity contribution in [2.45, 2.75) is 26.3 Å². The topological polar surface area (TPSA) is 41.5 Å². The third-order valence-corrected chi connectivity index (χ3v) is 2.42. The second-order valence-corrected chi connectivity index (χ2v) is 4.39. The fraction of sp³-hybridized carbons (Fsp3) is 0.538. The zero-order valence-corrected chi connectivity index (χ0v) is 10.2. The molecule has 2 N–H and O–H groups in total. The number of nitrogens with one attached hydrogen (secondary N) is 1. The summed E-state index contributed by atoms with van der Waals surface area (Å²) in [4.78, 5) is 0. The Morgan fingerprint density at radius 1 is 1.38 bits per heavy atom. The number of aliphatic hydroxyl groups is 1. The van der Waals surface area contributed by atoms with Crippen molar-refractivity contribution in [2.75, 3.05) is 19.0 Å². The molecule has 0 radical (unpaired) electrons. The van der Waals surface area contributed by atoms with Crippen LogP contribution in [0.2, 0.25) is 0 Å². The molecule has 0 saturated heterocycles. The van der Waals surface area contributed by atoms with E-state index in [0.29, 0.717) is 5.92 Å². The van der Waals surface area contributed by atoms with Gasteiger partial charge in [-0.3, -0.25) is 0 Å². The van der Waals surface area contributed by atoms with Crippen LogP contribution < -0.4 is 10.1 Å². The lowest BCUT2D eigenvalue weighted by atomic mass is 10.0. The molecule has 16 heavy (non-hydrogen) atoms. The lowest BCUT2D eigenvalue weighted by Gasteiger charge is -2.19. The molecule has 1 atom stereocenters. The number of benzene rings is 1.